The molecule has 5 heteroatoms. The fourth-order valence-corrected chi connectivity index (χ4v) is 4.42. The third-order valence-corrected chi connectivity index (χ3v) is 6.65. The van der Waals surface area contributed by atoms with Gasteiger partial charge in [0.25, 0.3) is 0 Å². The Kier molecular flexibility index (Phi) is 10.2. The average molecular weight is 571 g/mol. The van der Waals surface area contributed by atoms with E-state index >= 15 is 0 Å². The lowest BCUT2D eigenvalue weighted by Crippen LogP contribution is -2.04. The van der Waals surface area contributed by atoms with Crippen LogP contribution in [0.25, 0.3) is 6.08 Å². The van der Waals surface area contributed by atoms with E-state index in [0.29, 0.717) is 55.0 Å². The van der Waals surface area contributed by atoms with Gasteiger partial charge in [-0.2, -0.15) is 0 Å². The van der Waals surface area contributed by atoms with Gasteiger partial charge in [-0.25, -0.2) is 0 Å². The zero-order valence-electron chi connectivity index (χ0n) is 24.1. The molecule has 0 bridgehead atoms. The van der Waals surface area contributed by atoms with Gasteiger partial charge in [0.15, 0.2) is 5.78 Å². The first-order chi connectivity index (χ1) is 21.2. The van der Waals surface area contributed by atoms with Gasteiger partial charge in [-0.05, 0) is 60.0 Å². The summed E-state index contributed by atoms with van der Waals surface area (Å²) >= 11 is 0. The average Bonchev–Trinajstić information content (AvgIpc) is 3.06. The highest BCUT2D eigenvalue weighted by Crippen LogP contribution is 2.30. The fourth-order valence-electron chi connectivity index (χ4n) is 4.42. The number of carbonyl (C=O) groups excluding carboxylic acids is 1. The maximum atomic E-state index is 13.5. The Labute approximate surface area is 253 Å². The largest absolute Gasteiger partial charge is 0.494 e. The van der Waals surface area contributed by atoms with Gasteiger partial charge < -0.3 is 18.9 Å². The molecule has 0 radical (unpaired) electrons. The molecule has 0 aliphatic heterocycles. The molecule has 5 nitrogen and oxygen atoms in total. The van der Waals surface area contributed by atoms with Crippen molar-refractivity contribution in [2.75, 3.05) is 6.61 Å². The van der Waals surface area contributed by atoms with Crippen LogP contribution in [0.1, 0.15) is 39.5 Å². The molecule has 43 heavy (non-hydrogen) atoms. The van der Waals surface area contributed by atoms with Crippen LogP contribution in [-0.2, 0) is 19.8 Å². The number of benzene rings is 5. The maximum Gasteiger partial charge on any atom is 0.189 e. The summed E-state index contributed by atoms with van der Waals surface area (Å²) in [6.45, 7) is 3.61. The minimum Gasteiger partial charge on any atom is -0.494 e. The molecule has 0 aromatic heterocycles. The zero-order chi connectivity index (χ0) is 29.7. The highest BCUT2D eigenvalue weighted by atomic mass is 16.5. The Morgan fingerprint density at radius 2 is 1.05 bits per heavy atom. The minimum absolute atomic E-state index is 0.194. The molecule has 0 heterocycles. The van der Waals surface area contributed by atoms with Crippen molar-refractivity contribution in [3.63, 3.8) is 0 Å². The van der Waals surface area contributed by atoms with Gasteiger partial charge in [0.2, 0.25) is 0 Å². The predicted molar refractivity (Wildman–Crippen MR) is 170 cm³/mol. The topological polar surface area (TPSA) is 54.0 Å². The van der Waals surface area contributed by atoms with Gasteiger partial charge in [0, 0.05) is 17.7 Å². The molecule has 0 aliphatic rings. The maximum absolute atomic E-state index is 13.5. The van der Waals surface area contributed by atoms with E-state index in [1.807, 2.05) is 116 Å². The molecule has 0 saturated carbocycles. The van der Waals surface area contributed by atoms with Crippen LogP contribution in [0.5, 0.6) is 23.0 Å². The Morgan fingerprint density at radius 3 is 1.63 bits per heavy atom. The quantitative estimate of drug-likeness (QED) is 0.0987. The molecule has 0 aliphatic carbocycles. The van der Waals surface area contributed by atoms with Crippen molar-refractivity contribution in [3.8, 4) is 23.0 Å². The highest BCUT2D eigenvalue weighted by molar-refractivity contribution is 6.08. The van der Waals surface area contributed by atoms with E-state index in [0.717, 1.165) is 22.3 Å². The molecule has 0 spiro atoms. The van der Waals surface area contributed by atoms with Crippen molar-refractivity contribution in [2.45, 2.75) is 26.7 Å². The van der Waals surface area contributed by atoms with Crippen LogP contribution in [-0.4, -0.2) is 12.4 Å². The van der Waals surface area contributed by atoms with E-state index in [1.54, 1.807) is 30.4 Å². The molecule has 0 fully saturated rings. The summed E-state index contributed by atoms with van der Waals surface area (Å²) in [5, 5.41) is 0. The summed E-state index contributed by atoms with van der Waals surface area (Å²) < 4.78 is 24.0. The van der Waals surface area contributed by atoms with Crippen molar-refractivity contribution in [3.05, 3.63) is 161 Å². The molecule has 0 unspecified atom stereocenters. The number of ketones is 1. The van der Waals surface area contributed by atoms with E-state index in [1.165, 1.54) is 0 Å². The van der Waals surface area contributed by atoms with E-state index in [2.05, 4.69) is 0 Å². The Morgan fingerprint density at radius 1 is 0.558 bits per heavy atom. The molecule has 5 rings (SSSR count). The number of hydrogen-bond donors (Lipinski definition) is 0. The summed E-state index contributed by atoms with van der Waals surface area (Å²) in [6.07, 6.45) is 3.31. The molecular weight excluding hydrogens is 536 g/mol. The highest BCUT2D eigenvalue weighted by Gasteiger charge is 2.14. The number of hydrogen-bond acceptors (Lipinski definition) is 5. The van der Waals surface area contributed by atoms with Gasteiger partial charge in [-0.3, -0.25) is 4.79 Å². The van der Waals surface area contributed by atoms with E-state index in [4.69, 9.17) is 18.9 Å². The standard InChI is InChI=1S/C38H34O5/c1-2-40-33-20-18-32(37(24-33)42-27-30-14-8-4-9-15-30)19-23-36(39)35-22-21-34(41-26-29-12-6-3-7-13-29)25-38(35)43-28-31-16-10-5-11-17-31/h3-25H,2,26-28H2,1H3. The summed E-state index contributed by atoms with van der Waals surface area (Å²) in [7, 11) is 0. The van der Waals surface area contributed by atoms with Crippen LogP contribution in [0.4, 0.5) is 0 Å². The number of rotatable bonds is 14. The van der Waals surface area contributed by atoms with Gasteiger partial charge in [-0.15, -0.1) is 0 Å². The molecule has 5 aromatic carbocycles. The summed E-state index contributed by atoms with van der Waals surface area (Å²) in [6, 6.07) is 40.7. The molecule has 5 aromatic rings. The number of carbonyl (C=O) groups is 1. The van der Waals surface area contributed by atoms with Gasteiger partial charge in [0.1, 0.15) is 42.8 Å². The molecule has 0 saturated heterocycles. The van der Waals surface area contributed by atoms with Crippen molar-refractivity contribution >= 4 is 11.9 Å². The lowest BCUT2D eigenvalue weighted by molar-refractivity contribution is 0.104. The first-order valence-electron chi connectivity index (χ1n) is 14.3. The van der Waals surface area contributed by atoms with E-state index in [9.17, 15) is 4.79 Å². The normalized spacial score (nSPS) is 10.8. The van der Waals surface area contributed by atoms with Crippen molar-refractivity contribution in [2.24, 2.45) is 0 Å². The summed E-state index contributed by atoms with van der Waals surface area (Å²) in [5.41, 5.74) is 4.31. The molecule has 0 amide bonds. The molecular formula is C38H34O5. The minimum atomic E-state index is -0.194. The van der Waals surface area contributed by atoms with Crippen LogP contribution in [0.15, 0.2) is 133 Å². The zero-order valence-corrected chi connectivity index (χ0v) is 24.1. The second-order valence-electron chi connectivity index (χ2n) is 9.81. The van der Waals surface area contributed by atoms with Crippen molar-refractivity contribution in [1.82, 2.24) is 0 Å². The second kappa shape index (κ2) is 15.1. The lowest BCUT2D eigenvalue weighted by atomic mass is 10.1. The van der Waals surface area contributed by atoms with Crippen LogP contribution in [0, 0.1) is 0 Å². The SMILES string of the molecule is CCOc1ccc(C=CC(=O)c2ccc(OCc3ccccc3)cc2OCc2ccccc2)c(OCc2ccccc2)c1. The summed E-state index contributed by atoms with van der Waals surface area (Å²) in [4.78, 5) is 13.5. The fraction of sp³-hybridized carbons (Fsp3) is 0.132. The first kappa shape index (κ1) is 29.2. The lowest BCUT2D eigenvalue weighted by Gasteiger charge is -2.14. The van der Waals surface area contributed by atoms with E-state index in [-0.39, 0.29) is 5.78 Å². The van der Waals surface area contributed by atoms with Crippen LogP contribution < -0.4 is 18.9 Å². The molecule has 0 N–H and O–H groups in total. The first-order valence-corrected chi connectivity index (χ1v) is 14.3. The van der Waals surface area contributed by atoms with Crippen molar-refractivity contribution in [1.29, 1.82) is 0 Å². The van der Waals surface area contributed by atoms with Gasteiger partial charge in [0.05, 0.1) is 12.2 Å². The number of ether oxygens (including phenoxy) is 4. The van der Waals surface area contributed by atoms with Crippen LogP contribution >= 0.6 is 0 Å². The predicted octanol–water partition coefficient (Wildman–Crippen LogP) is 8.72. The Bertz CT molecular complexity index is 1630. The van der Waals surface area contributed by atoms with E-state index < -0.39 is 0 Å². The second-order valence-corrected chi connectivity index (χ2v) is 9.81. The monoisotopic (exact) mass is 570 g/mol. The third kappa shape index (κ3) is 8.60. The smallest absolute Gasteiger partial charge is 0.189 e. The number of allylic oxidation sites excluding steroid dienone is 1. The Hall–Kier alpha value is -5.29. The molecule has 216 valence electrons. The summed E-state index contributed by atoms with van der Waals surface area (Å²) in [5.74, 6) is 2.22. The van der Waals surface area contributed by atoms with Crippen LogP contribution in [0.3, 0.4) is 0 Å². The van der Waals surface area contributed by atoms with Crippen molar-refractivity contribution < 1.29 is 23.7 Å². The third-order valence-electron chi connectivity index (χ3n) is 6.65. The molecule has 0 atom stereocenters. The van der Waals surface area contributed by atoms with Gasteiger partial charge in [-0.1, -0.05) is 91.0 Å². The van der Waals surface area contributed by atoms with Gasteiger partial charge >= 0.3 is 0 Å². The van der Waals surface area contributed by atoms with Crippen LogP contribution in [0.2, 0.25) is 0 Å². The Balaban J connectivity index is 1.37.